The van der Waals surface area contributed by atoms with Crippen LogP contribution in [0.15, 0.2) is 69.9 Å². The Morgan fingerprint density at radius 1 is 0.677 bits per heavy atom. The first-order valence-corrected chi connectivity index (χ1v) is 9.45. The Hall–Kier alpha value is -4.03. The number of hydrazine groups is 1. The van der Waals surface area contributed by atoms with Gasteiger partial charge in [0.15, 0.2) is 21.7 Å². The number of nitrogens with one attached hydrogen (secondary N) is 5. The molecule has 158 valence electrons. The number of thiocarbonyl (C=S) groups is 2. The van der Waals surface area contributed by atoms with Gasteiger partial charge >= 0.3 is 0 Å². The number of amides is 3. The van der Waals surface area contributed by atoms with Crippen molar-refractivity contribution in [2.75, 3.05) is 5.32 Å². The van der Waals surface area contributed by atoms with E-state index in [4.69, 9.17) is 33.3 Å². The number of hydrogen-bond donors (Lipinski definition) is 5. The lowest BCUT2D eigenvalue weighted by molar-refractivity contribution is 0.0927. The molecule has 2 aromatic heterocycles. The molecule has 3 amide bonds. The molecule has 12 heteroatoms. The maximum absolute atomic E-state index is 12.2. The standard InChI is InChI=1S/C19H15N5O5S2/c25-15(23-24-19(31)22-17(27)14-4-2-10-29-14)11-5-7-12(8-6-11)20-18(30)21-16(26)13-3-1-9-28-13/h1-10H,(H,23,25)(H2,20,21,26,30)(H2,22,24,27,31). The molecule has 2 heterocycles. The fourth-order valence-corrected chi connectivity index (χ4v) is 2.58. The van der Waals surface area contributed by atoms with Crippen molar-refractivity contribution in [2.24, 2.45) is 0 Å². The minimum absolute atomic E-state index is 0.0675. The number of furan rings is 2. The molecule has 0 spiro atoms. The van der Waals surface area contributed by atoms with E-state index >= 15 is 0 Å². The molecular formula is C19H15N5O5S2. The van der Waals surface area contributed by atoms with Crippen molar-refractivity contribution in [1.29, 1.82) is 0 Å². The lowest BCUT2D eigenvalue weighted by atomic mass is 10.2. The van der Waals surface area contributed by atoms with E-state index in [0.29, 0.717) is 11.3 Å². The highest BCUT2D eigenvalue weighted by Gasteiger charge is 2.12. The predicted octanol–water partition coefficient (Wildman–Crippen LogP) is 1.95. The van der Waals surface area contributed by atoms with Crippen LogP contribution in [-0.2, 0) is 0 Å². The summed E-state index contributed by atoms with van der Waals surface area (Å²) in [5, 5.41) is 7.60. The molecule has 0 aliphatic carbocycles. The number of benzene rings is 1. The Balaban J connectivity index is 1.45. The summed E-state index contributed by atoms with van der Waals surface area (Å²) in [6.45, 7) is 0. The van der Waals surface area contributed by atoms with Crippen LogP contribution in [0.5, 0.6) is 0 Å². The van der Waals surface area contributed by atoms with Crippen LogP contribution in [0.2, 0.25) is 0 Å². The summed E-state index contributed by atoms with van der Waals surface area (Å²) >= 11 is 10.0. The van der Waals surface area contributed by atoms with Crippen molar-refractivity contribution < 1.29 is 23.2 Å². The average molecular weight is 457 g/mol. The Labute approximate surface area is 186 Å². The lowest BCUT2D eigenvalue weighted by Crippen LogP contribution is -2.48. The normalized spacial score (nSPS) is 9.94. The second-order valence-electron chi connectivity index (χ2n) is 5.80. The van der Waals surface area contributed by atoms with Gasteiger partial charge in [-0.2, -0.15) is 0 Å². The topological polar surface area (TPSA) is 138 Å². The van der Waals surface area contributed by atoms with Gasteiger partial charge < -0.3 is 14.2 Å². The molecule has 0 atom stereocenters. The van der Waals surface area contributed by atoms with Gasteiger partial charge in [-0.1, -0.05) is 0 Å². The molecule has 3 aromatic rings. The van der Waals surface area contributed by atoms with Crippen LogP contribution in [0.3, 0.4) is 0 Å². The van der Waals surface area contributed by atoms with E-state index in [9.17, 15) is 14.4 Å². The van der Waals surface area contributed by atoms with Gasteiger partial charge in [0.1, 0.15) is 0 Å². The zero-order chi connectivity index (χ0) is 22.2. The van der Waals surface area contributed by atoms with Crippen molar-refractivity contribution >= 4 is 58.1 Å². The molecule has 0 fully saturated rings. The summed E-state index contributed by atoms with van der Waals surface area (Å²) in [5.41, 5.74) is 5.64. The van der Waals surface area contributed by atoms with Crippen molar-refractivity contribution in [3.05, 3.63) is 78.1 Å². The maximum Gasteiger partial charge on any atom is 0.293 e. The van der Waals surface area contributed by atoms with E-state index in [1.54, 1.807) is 24.3 Å². The minimum Gasteiger partial charge on any atom is -0.459 e. The molecule has 3 rings (SSSR count). The molecular weight excluding hydrogens is 442 g/mol. The Bertz CT molecular complexity index is 1100. The zero-order valence-corrected chi connectivity index (χ0v) is 17.3. The molecule has 0 saturated heterocycles. The van der Waals surface area contributed by atoms with Crippen molar-refractivity contribution in [3.8, 4) is 0 Å². The molecule has 31 heavy (non-hydrogen) atoms. The first kappa shape index (κ1) is 21.7. The van der Waals surface area contributed by atoms with Crippen LogP contribution in [0.4, 0.5) is 5.69 Å². The minimum atomic E-state index is -0.553. The number of carbonyl (C=O) groups is 3. The van der Waals surface area contributed by atoms with E-state index < -0.39 is 17.7 Å². The molecule has 5 N–H and O–H groups in total. The van der Waals surface area contributed by atoms with Crippen LogP contribution < -0.4 is 26.8 Å². The van der Waals surface area contributed by atoms with Gasteiger partial charge in [-0.25, -0.2) is 0 Å². The molecule has 0 radical (unpaired) electrons. The summed E-state index contributed by atoms with van der Waals surface area (Å²) in [6.07, 6.45) is 2.73. The van der Waals surface area contributed by atoms with Crippen LogP contribution in [0.25, 0.3) is 0 Å². The van der Waals surface area contributed by atoms with Gasteiger partial charge in [0.05, 0.1) is 12.5 Å². The van der Waals surface area contributed by atoms with Gasteiger partial charge in [-0.3, -0.25) is 35.9 Å². The monoisotopic (exact) mass is 457 g/mol. The summed E-state index contributed by atoms with van der Waals surface area (Å²) < 4.78 is 9.92. The molecule has 0 saturated carbocycles. The third-order valence-electron chi connectivity index (χ3n) is 3.64. The van der Waals surface area contributed by atoms with Gasteiger partial charge in [0.2, 0.25) is 0 Å². The van der Waals surface area contributed by atoms with Gasteiger partial charge in [0, 0.05) is 11.3 Å². The third kappa shape index (κ3) is 6.22. The second kappa shape index (κ2) is 10.1. The summed E-state index contributed by atoms with van der Waals surface area (Å²) in [5.74, 6) is -1.32. The van der Waals surface area contributed by atoms with Gasteiger partial charge in [-0.05, 0) is 73.0 Å². The van der Waals surface area contributed by atoms with E-state index in [2.05, 4.69) is 26.8 Å². The molecule has 1 aromatic carbocycles. The SMILES string of the molecule is O=C(NNC(=S)NC(=O)c1ccco1)c1ccc(NC(=S)NC(=O)c2ccco2)cc1. The summed E-state index contributed by atoms with van der Waals surface area (Å²) in [6, 6.07) is 12.4. The van der Waals surface area contributed by atoms with Crippen LogP contribution >= 0.6 is 24.4 Å². The van der Waals surface area contributed by atoms with Crippen molar-refractivity contribution in [3.63, 3.8) is 0 Å². The smallest absolute Gasteiger partial charge is 0.293 e. The van der Waals surface area contributed by atoms with E-state index in [-0.39, 0.29) is 21.7 Å². The third-order valence-corrected chi connectivity index (χ3v) is 4.05. The second-order valence-corrected chi connectivity index (χ2v) is 6.62. The fraction of sp³-hybridized carbons (Fsp3) is 0. The van der Waals surface area contributed by atoms with E-state index in [1.807, 2.05) is 0 Å². The van der Waals surface area contributed by atoms with Crippen molar-refractivity contribution in [2.45, 2.75) is 0 Å². The Morgan fingerprint density at radius 2 is 1.23 bits per heavy atom. The molecule has 0 unspecified atom stereocenters. The van der Waals surface area contributed by atoms with E-state index in [1.165, 1.54) is 36.8 Å². The highest BCUT2D eigenvalue weighted by Crippen LogP contribution is 2.09. The lowest BCUT2D eigenvalue weighted by Gasteiger charge is -2.11. The summed E-state index contributed by atoms with van der Waals surface area (Å²) in [7, 11) is 0. The fourth-order valence-electron chi connectivity index (χ4n) is 2.23. The van der Waals surface area contributed by atoms with Crippen LogP contribution in [-0.4, -0.2) is 27.9 Å². The molecule has 10 nitrogen and oxygen atoms in total. The number of rotatable bonds is 4. The zero-order valence-electron chi connectivity index (χ0n) is 15.6. The highest BCUT2D eigenvalue weighted by molar-refractivity contribution is 7.80. The van der Waals surface area contributed by atoms with E-state index in [0.717, 1.165) is 0 Å². The maximum atomic E-state index is 12.2. The average Bonchev–Trinajstić information content (AvgIpc) is 3.46. The first-order valence-electron chi connectivity index (χ1n) is 8.63. The Kier molecular flexibility index (Phi) is 7.09. The quantitative estimate of drug-likeness (QED) is 0.294. The summed E-state index contributed by atoms with van der Waals surface area (Å²) in [4.78, 5) is 35.9. The van der Waals surface area contributed by atoms with Crippen molar-refractivity contribution in [1.82, 2.24) is 21.5 Å². The predicted molar refractivity (Wildman–Crippen MR) is 118 cm³/mol. The Morgan fingerprint density at radius 3 is 1.74 bits per heavy atom. The van der Waals surface area contributed by atoms with Crippen LogP contribution in [0.1, 0.15) is 31.5 Å². The molecule has 0 bridgehead atoms. The molecule has 0 aliphatic heterocycles. The highest BCUT2D eigenvalue weighted by atomic mass is 32.1. The van der Waals surface area contributed by atoms with Gasteiger partial charge in [0.25, 0.3) is 17.7 Å². The largest absolute Gasteiger partial charge is 0.459 e. The van der Waals surface area contributed by atoms with Gasteiger partial charge in [-0.15, -0.1) is 0 Å². The first-order chi connectivity index (χ1) is 14.9. The molecule has 0 aliphatic rings. The number of hydrogen-bond acceptors (Lipinski definition) is 7. The van der Waals surface area contributed by atoms with Crippen LogP contribution in [0, 0.1) is 0 Å². The number of anilines is 1. The number of carbonyl (C=O) groups excluding carboxylic acids is 3.